The number of carbonyl (C=O) groups is 1. The van der Waals surface area contributed by atoms with E-state index in [1.54, 1.807) is 17.7 Å². The normalized spacial score (nSPS) is 14.9. The predicted molar refractivity (Wildman–Crippen MR) is 120 cm³/mol. The summed E-state index contributed by atoms with van der Waals surface area (Å²) >= 11 is 1.63. The van der Waals surface area contributed by atoms with Gasteiger partial charge >= 0.3 is 0 Å². The van der Waals surface area contributed by atoms with E-state index in [4.69, 9.17) is 4.74 Å². The molecule has 0 unspecified atom stereocenters. The van der Waals surface area contributed by atoms with Gasteiger partial charge in [0.05, 0.1) is 18.5 Å². The number of amides is 1. The van der Waals surface area contributed by atoms with Gasteiger partial charge in [-0.1, -0.05) is 24.3 Å². The minimum atomic E-state index is 0.0594. The van der Waals surface area contributed by atoms with Gasteiger partial charge in [-0.3, -0.25) is 9.69 Å². The number of aromatic nitrogens is 2. The molecular formula is C22H27N5O2S. The molecule has 2 aromatic heterocycles. The first kappa shape index (κ1) is 20.7. The van der Waals surface area contributed by atoms with Crippen molar-refractivity contribution in [2.24, 2.45) is 0 Å². The van der Waals surface area contributed by atoms with Crippen molar-refractivity contribution in [2.45, 2.75) is 20.1 Å². The quantitative estimate of drug-likeness (QED) is 0.598. The third kappa shape index (κ3) is 5.13. The number of nitrogens with zero attached hydrogens (tertiary/aromatic N) is 4. The highest BCUT2D eigenvalue weighted by Crippen LogP contribution is 2.27. The van der Waals surface area contributed by atoms with Crippen molar-refractivity contribution >= 4 is 33.3 Å². The van der Waals surface area contributed by atoms with Gasteiger partial charge in [0.1, 0.15) is 17.0 Å². The number of rotatable bonds is 8. The second-order valence-electron chi connectivity index (χ2n) is 7.33. The van der Waals surface area contributed by atoms with Gasteiger partial charge in [0, 0.05) is 39.3 Å². The summed E-state index contributed by atoms with van der Waals surface area (Å²) in [6, 6.07) is 10.3. The summed E-state index contributed by atoms with van der Waals surface area (Å²) in [5.41, 5.74) is 2.24. The molecule has 1 fully saturated rings. The Bertz CT molecular complexity index is 967. The van der Waals surface area contributed by atoms with Gasteiger partial charge in [-0.2, -0.15) is 0 Å². The molecule has 158 valence electrons. The van der Waals surface area contributed by atoms with E-state index < -0.39 is 0 Å². The molecule has 0 saturated carbocycles. The van der Waals surface area contributed by atoms with E-state index >= 15 is 0 Å². The molecule has 8 heteroatoms. The van der Waals surface area contributed by atoms with Crippen molar-refractivity contribution in [3.8, 4) is 0 Å². The molecule has 0 atom stereocenters. The van der Waals surface area contributed by atoms with Crippen LogP contribution in [0.4, 0.5) is 5.82 Å². The molecule has 1 amide bonds. The first-order chi connectivity index (χ1) is 14.7. The molecule has 1 N–H and O–H groups in total. The lowest BCUT2D eigenvalue weighted by molar-refractivity contribution is -0.122. The van der Waals surface area contributed by atoms with Crippen molar-refractivity contribution in [1.82, 2.24) is 20.2 Å². The molecule has 0 bridgehead atoms. The van der Waals surface area contributed by atoms with Crippen LogP contribution in [-0.4, -0.2) is 60.1 Å². The van der Waals surface area contributed by atoms with Gasteiger partial charge in [0.2, 0.25) is 5.91 Å². The second-order valence-corrected chi connectivity index (χ2v) is 8.22. The van der Waals surface area contributed by atoms with Crippen molar-refractivity contribution < 1.29 is 9.53 Å². The topological polar surface area (TPSA) is 70.6 Å². The average molecular weight is 426 g/mol. The Hall–Kier alpha value is -2.55. The number of piperazine rings is 1. The van der Waals surface area contributed by atoms with Crippen LogP contribution in [-0.2, 0) is 22.7 Å². The smallest absolute Gasteiger partial charge is 0.234 e. The number of thiophene rings is 1. The summed E-state index contributed by atoms with van der Waals surface area (Å²) in [6.45, 7) is 7.70. The molecule has 0 spiro atoms. The Morgan fingerprint density at radius 3 is 2.63 bits per heavy atom. The number of anilines is 1. The first-order valence-corrected chi connectivity index (χ1v) is 11.2. The highest BCUT2D eigenvalue weighted by molar-refractivity contribution is 7.16. The molecule has 1 saturated heterocycles. The number of hydrogen-bond acceptors (Lipinski definition) is 7. The fourth-order valence-corrected chi connectivity index (χ4v) is 4.31. The van der Waals surface area contributed by atoms with E-state index in [0.717, 1.165) is 53.3 Å². The number of fused-ring (bicyclic) bond motifs is 1. The van der Waals surface area contributed by atoms with Crippen LogP contribution in [0.3, 0.4) is 0 Å². The third-order valence-corrected chi connectivity index (χ3v) is 6.09. The minimum absolute atomic E-state index is 0.0594. The Balaban J connectivity index is 1.22. The van der Waals surface area contributed by atoms with Crippen LogP contribution in [0.5, 0.6) is 0 Å². The zero-order valence-electron chi connectivity index (χ0n) is 17.2. The maximum absolute atomic E-state index is 12.4. The van der Waals surface area contributed by atoms with E-state index in [0.29, 0.717) is 26.3 Å². The number of ether oxygens (including phenoxy) is 1. The van der Waals surface area contributed by atoms with Crippen LogP contribution in [0.15, 0.2) is 42.0 Å². The molecule has 0 aliphatic carbocycles. The van der Waals surface area contributed by atoms with Gasteiger partial charge in [-0.05, 0) is 29.5 Å². The van der Waals surface area contributed by atoms with E-state index in [1.165, 1.54) is 0 Å². The molecular weight excluding hydrogens is 398 g/mol. The maximum Gasteiger partial charge on any atom is 0.234 e. The largest absolute Gasteiger partial charge is 0.377 e. The number of hydrogen-bond donors (Lipinski definition) is 1. The fourth-order valence-electron chi connectivity index (χ4n) is 3.58. The van der Waals surface area contributed by atoms with Crippen molar-refractivity contribution in [3.05, 3.63) is 53.2 Å². The molecule has 1 aliphatic rings. The SMILES string of the molecule is CCOCc1ccc(CNC(=O)CN2CCN(c3ncnc4sccc34)CC2)cc1. The van der Waals surface area contributed by atoms with Crippen molar-refractivity contribution in [3.63, 3.8) is 0 Å². The van der Waals surface area contributed by atoms with Gasteiger partial charge < -0.3 is 15.0 Å². The van der Waals surface area contributed by atoms with Crippen LogP contribution in [0, 0.1) is 0 Å². The van der Waals surface area contributed by atoms with Crippen LogP contribution < -0.4 is 10.2 Å². The monoisotopic (exact) mass is 425 g/mol. The fraction of sp³-hybridized carbons (Fsp3) is 0.409. The highest BCUT2D eigenvalue weighted by atomic mass is 32.1. The van der Waals surface area contributed by atoms with Crippen LogP contribution in [0.2, 0.25) is 0 Å². The molecule has 30 heavy (non-hydrogen) atoms. The van der Waals surface area contributed by atoms with Crippen molar-refractivity contribution in [2.75, 3.05) is 44.2 Å². The number of carbonyl (C=O) groups excluding carboxylic acids is 1. The Labute approximate surface area is 180 Å². The molecule has 3 heterocycles. The standard InChI is InChI=1S/C22H27N5O2S/c1-2-29-15-18-5-3-17(4-6-18)13-23-20(28)14-26-8-10-27(11-9-26)21-19-7-12-30-22(19)25-16-24-21/h3-7,12,16H,2,8-11,13-15H2,1H3,(H,23,28). The molecule has 1 aromatic carbocycles. The molecule has 3 aromatic rings. The minimum Gasteiger partial charge on any atom is -0.377 e. The number of nitrogens with one attached hydrogen (secondary N) is 1. The van der Waals surface area contributed by atoms with Crippen LogP contribution >= 0.6 is 11.3 Å². The second kappa shape index (κ2) is 9.97. The maximum atomic E-state index is 12.4. The number of benzene rings is 1. The average Bonchev–Trinajstić information content (AvgIpc) is 3.27. The summed E-state index contributed by atoms with van der Waals surface area (Å²) in [5, 5.41) is 6.19. The molecule has 7 nitrogen and oxygen atoms in total. The summed E-state index contributed by atoms with van der Waals surface area (Å²) in [5.74, 6) is 1.06. The molecule has 1 aliphatic heterocycles. The van der Waals surface area contributed by atoms with Gasteiger partial charge in [0.15, 0.2) is 0 Å². The first-order valence-electron chi connectivity index (χ1n) is 10.3. The van der Waals surface area contributed by atoms with E-state index in [2.05, 4.69) is 36.5 Å². The predicted octanol–water partition coefficient (Wildman–Crippen LogP) is 2.67. The van der Waals surface area contributed by atoms with Gasteiger partial charge in [-0.25, -0.2) is 9.97 Å². The van der Waals surface area contributed by atoms with Gasteiger partial charge in [-0.15, -0.1) is 11.3 Å². The summed E-state index contributed by atoms with van der Waals surface area (Å²) in [6.07, 6.45) is 1.64. The lowest BCUT2D eigenvalue weighted by Gasteiger charge is -2.35. The van der Waals surface area contributed by atoms with E-state index in [-0.39, 0.29) is 5.91 Å². The molecule has 4 rings (SSSR count). The zero-order chi connectivity index (χ0) is 20.8. The summed E-state index contributed by atoms with van der Waals surface area (Å²) in [4.78, 5) is 26.7. The lowest BCUT2D eigenvalue weighted by Crippen LogP contribution is -2.49. The van der Waals surface area contributed by atoms with Crippen molar-refractivity contribution in [1.29, 1.82) is 0 Å². The summed E-state index contributed by atoms with van der Waals surface area (Å²) in [7, 11) is 0. The van der Waals surface area contributed by atoms with Gasteiger partial charge in [0.25, 0.3) is 0 Å². The summed E-state index contributed by atoms with van der Waals surface area (Å²) < 4.78 is 5.41. The Morgan fingerprint density at radius 2 is 1.87 bits per heavy atom. The van der Waals surface area contributed by atoms with Crippen LogP contribution in [0.1, 0.15) is 18.1 Å². The molecule has 0 radical (unpaired) electrons. The lowest BCUT2D eigenvalue weighted by atomic mass is 10.1. The van der Waals surface area contributed by atoms with E-state index in [9.17, 15) is 4.79 Å². The Morgan fingerprint density at radius 1 is 1.10 bits per heavy atom. The highest BCUT2D eigenvalue weighted by Gasteiger charge is 2.21. The Kier molecular flexibility index (Phi) is 6.88. The van der Waals surface area contributed by atoms with E-state index in [1.807, 2.05) is 31.2 Å². The zero-order valence-corrected chi connectivity index (χ0v) is 18.0. The third-order valence-electron chi connectivity index (χ3n) is 5.27. The van der Waals surface area contributed by atoms with Crippen LogP contribution in [0.25, 0.3) is 10.2 Å².